The molecule has 0 N–H and O–H groups in total. The number of carbonyl (C=O) groups excluding carboxylic acids is 1. The fourth-order valence-electron chi connectivity index (χ4n) is 2.98. The van der Waals surface area contributed by atoms with E-state index in [1.807, 2.05) is 31.2 Å². The first-order chi connectivity index (χ1) is 12.0. The Morgan fingerprint density at radius 1 is 1.12 bits per heavy atom. The van der Waals surface area contributed by atoms with Crippen molar-refractivity contribution in [3.63, 3.8) is 0 Å². The molecule has 6 heteroatoms. The first-order valence-corrected chi connectivity index (χ1v) is 8.17. The number of aromatic nitrogens is 2. The summed E-state index contributed by atoms with van der Waals surface area (Å²) in [6.07, 6.45) is 0. The van der Waals surface area contributed by atoms with Crippen molar-refractivity contribution in [2.75, 3.05) is 6.54 Å². The maximum absolute atomic E-state index is 13.3. The molecule has 0 saturated heterocycles. The van der Waals surface area contributed by atoms with Crippen molar-refractivity contribution in [1.29, 1.82) is 0 Å². The standard InChI is InChI=1S/C19H20FN3O2/c1-3-22(12-14-7-6-8-15(20)11-14)18(24)13-23-17-10-5-4-9-16(17)21(2)19(23)25/h4-11H,3,12-13H2,1-2H3. The van der Waals surface area contributed by atoms with Crippen molar-refractivity contribution in [1.82, 2.24) is 14.0 Å². The van der Waals surface area contributed by atoms with Gasteiger partial charge in [-0.25, -0.2) is 9.18 Å². The van der Waals surface area contributed by atoms with Gasteiger partial charge in [0.05, 0.1) is 11.0 Å². The number of amides is 1. The molecule has 3 aromatic rings. The molecule has 0 saturated carbocycles. The summed E-state index contributed by atoms with van der Waals surface area (Å²) in [5.74, 6) is -0.503. The van der Waals surface area contributed by atoms with E-state index in [2.05, 4.69) is 0 Å². The van der Waals surface area contributed by atoms with Crippen molar-refractivity contribution >= 4 is 16.9 Å². The van der Waals surface area contributed by atoms with Crippen molar-refractivity contribution in [2.24, 2.45) is 7.05 Å². The molecule has 0 bridgehead atoms. The van der Waals surface area contributed by atoms with Crippen LogP contribution in [0, 0.1) is 5.82 Å². The van der Waals surface area contributed by atoms with E-state index in [9.17, 15) is 14.0 Å². The summed E-state index contributed by atoms with van der Waals surface area (Å²) in [7, 11) is 1.69. The van der Waals surface area contributed by atoms with Crippen LogP contribution in [0.4, 0.5) is 4.39 Å². The lowest BCUT2D eigenvalue weighted by Crippen LogP contribution is -2.36. The average Bonchev–Trinajstić information content (AvgIpc) is 2.85. The Labute approximate surface area is 144 Å². The minimum atomic E-state index is -0.328. The van der Waals surface area contributed by atoms with Gasteiger partial charge in [-0.3, -0.25) is 13.9 Å². The lowest BCUT2D eigenvalue weighted by molar-refractivity contribution is -0.132. The van der Waals surface area contributed by atoms with Crippen LogP contribution in [0.25, 0.3) is 11.0 Å². The van der Waals surface area contributed by atoms with Crippen LogP contribution in [0.5, 0.6) is 0 Å². The summed E-state index contributed by atoms with van der Waals surface area (Å²) in [5, 5.41) is 0. The van der Waals surface area contributed by atoms with E-state index in [0.717, 1.165) is 16.6 Å². The van der Waals surface area contributed by atoms with Gasteiger partial charge < -0.3 is 4.90 Å². The van der Waals surface area contributed by atoms with Gasteiger partial charge in [0.2, 0.25) is 5.91 Å². The van der Waals surface area contributed by atoms with Crippen LogP contribution in [-0.4, -0.2) is 26.5 Å². The van der Waals surface area contributed by atoms with Gasteiger partial charge in [-0.1, -0.05) is 24.3 Å². The highest BCUT2D eigenvalue weighted by molar-refractivity contribution is 5.81. The molecular weight excluding hydrogens is 321 g/mol. The highest BCUT2D eigenvalue weighted by Gasteiger charge is 2.17. The molecule has 0 aliphatic heterocycles. The predicted octanol–water partition coefficient (Wildman–Crippen LogP) is 2.53. The molecule has 0 spiro atoms. The fourth-order valence-corrected chi connectivity index (χ4v) is 2.98. The van der Waals surface area contributed by atoms with Crippen molar-refractivity contribution in [2.45, 2.75) is 20.0 Å². The number of nitrogens with zero attached hydrogens (tertiary/aromatic N) is 3. The normalized spacial score (nSPS) is 11.0. The summed E-state index contributed by atoms with van der Waals surface area (Å²) in [4.78, 5) is 26.8. The third-order valence-corrected chi connectivity index (χ3v) is 4.34. The number of benzene rings is 2. The SMILES string of the molecule is CCN(Cc1cccc(F)c1)C(=O)Cn1c(=O)n(C)c2ccccc21. The molecule has 0 aliphatic rings. The van der Waals surface area contributed by atoms with Crippen LogP contribution in [0.1, 0.15) is 12.5 Å². The monoisotopic (exact) mass is 341 g/mol. The maximum atomic E-state index is 13.3. The number of para-hydroxylation sites is 2. The van der Waals surface area contributed by atoms with Gasteiger partial charge in [0.1, 0.15) is 12.4 Å². The Balaban J connectivity index is 1.86. The largest absolute Gasteiger partial charge is 0.337 e. The average molecular weight is 341 g/mol. The molecule has 0 aliphatic carbocycles. The fraction of sp³-hybridized carbons (Fsp3) is 0.263. The van der Waals surface area contributed by atoms with Crippen LogP contribution in [0.15, 0.2) is 53.3 Å². The number of imidazole rings is 1. The lowest BCUT2D eigenvalue weighted by Gasteiger charge is -2.21. The molecule has 25 heavy (non-hydrogen) atoms. The van der Waals surface area contributed by atoms with E-state index < -0.39 is 0 Å². The minimum Gasteiger partial charge on any atom is -0.337 e. The third kappa shape index (κ3) is 3.33. The van der Waals surface area contributed by atoms with Crippen molar-refractivity contribution in [3.05, 3.63) is 70.4 Å². The Morgan fingerprint density at radius 3 is 2.52 bits per heavy atom. The molecule has 1 aromatic heterocycles. The predicted molar refractivity (Wildman–Crippen MR) is 94.7 cm³/mol. The molecule has 0 atom stereocenters. The van der Waals surface area contributed by atoms with Gasteiger partial charge in [-0.15, -0.1) is 0 Å². The lowest BCUT2D eigenvalue weighted by atomic mass is 10.2. The molecule has 5 nitrogen and oxygen atoms in total. The van der Waals surface area contributed by atoms with Crippen LogP contribution in [0.2, 0.25) is 0 Å². The maximum Gasteiger partial charge on any atom is 0.329 e. The van der Waals surface area contributed by atoms with Crippen LogP contribution in [0.3, 0.4) is 0 Å². The van der Waals surface area contributed by atoms with Gasteiger partial charge in [-0.05, 0) is 36.8 Å². The number of fused-ring (bicyclic) bond motifs is 1. The first-order valence-electron chi connectivity index (χ1n) is 8.17. The number of hydrogen-bond donors (Lipinski definition) is 0. The molecule has 2 aromatic carbocycles. The van der Waals surface area contributed by atoms with Gasteiger partial charge in [0.15, 0.2) is 0 Å². The van der Waals surface area contributed by atoms with E-state index in [1.54, 1.807) is 24.1 Å². The summed E-state index contributed by atoms with van der Waals surface area (Å²) in [6.45, 7) is 2.62. The van der Waals surface area contributed by atoms with E-state index in [4.69, 9.17) is 0 Å². The number of halogens is 1. The topological polar surface area (TPSA) is 47.2 Å². The van der Waals surface area contributed by atoms with Gasteiger partial charge in [0, 0.05) is 20.1 Å². The van der Waals surface area contributed by atoms with Gasteiger partial charge >= 0.3 is 5.69 Å². The minimum absolute atomic E-state index is 0.0384. The molecule has 0 fully saturated rings. The van der Waals surface area contributed by atoms with E-state index in [0.29, 0.717) is 13.1 Å². The zero-order valence-electron chi connectivity index (χ0n) is 14.3. The van der Waals surface area contributed by atoms with E-state index in [1.165, 1.54) is 21.3 Å². The van der Waals surface area contributed by atoms with Gasteiger partial charge in [-0.2, -0.15) is 0 Å². The highest BCUT2D eigenvalue weighted by atomic mass is 19.1. The summed E-state index contributed by atoms with van der Waals surface area (Å²) < 4.78 is 16.4. The molecule has 1 heterocycles. The zero-order chi connectivity index (χ0) is 18.0. The molecular formula is C19H20FN3O2. The summed E-state index contributed by atoms with van der Waals surface area (Å²) in [5.41, 5.74) is 2.01. The Bertz CT molecular complexity index is 974. The number of likely N-dealkylation sites (N-methyl/N-ethyl adjacent to an activating group) is 1. The number of rotatable bonds is 5. The second kappa shape index (κ2) is 6.93. The first kappa shape index (κ1) is 17.0. The molecule has 3 rings (SSSR count). The smallest absolute Gasteiger partial charge is 0.329 e. The summed E-state index contributed by atoms with van der Waals surface area (Å²) in [6, 6.07) is 13.6. The van der Waals surface area contributed by atoms with Crippen LogP contribution in [-0.2, 0) is 24.9 Å². The Hall–Kier alpha value is -2.89. The number of carbonyl (C=O) groups is 1. The highest BCUT2D eigenvalue weighted by Crippen LogP contribution is 2.13. The molecule has 0 unspecified atom stereocenters. The molecule has 1 amide bonds. The quantitative estimate of drug-likeness (QED) is 0.716. The third-order valence-electron chi connectivity index (χ3n) is 4.34. The zero-order valence-corrected chi connectivity index (χ0v) is 14.3. The second-order valence-corrected chi connectivity index (χ2v) is 5.95. The van der Waals surface area contributed by atoms with Crippen LogP contribution >= 0.6 is 0 Å². The number of aryl methyl sites for hydroxylation is 1. The Kier molecular flexibility index (Phi) is 4.70. The van der Waals surface area contributed by atoms with Gasteiger partial charge in [0.25, 0.3) is 0 Å². The van der Waals surface area contributed by atoms with Crippen molar-refractivity contribution in [3.8, 4) is 0 Å². The Morgan fingerprint density at radius 2 is 1.84 bits per heavy atom. The molecule has 0 radical (unpaired) electrons. The van der Waals surface area contributed by atoms with E-state index >= 15 is 0 Å². The number of hydrogen-bond acceptors (Lipinski definition) is 2. The van der Waals surface area contributed by atoms with E-state index in [-0.39, 0.29) is 24.0 Å². The van der Waals surface area contributed by atoms with Crippen molar-refractivity contribution < 1.29 is 9.18 Å². The summed E-state index contributed by atoms with van der Waals surface area (Å²) >= 11 is 0. The molecule has 130 valence electrons. The van der Waals surface area contributed by atoms with Crippen LogP contribution < -0.4 is 5.69 Å². The second-order valence-electron chi connectivity index (χ2n) is 5.95.